The molecule has 0 radical (unpaired) electrons. The van der Waals surface area contributed by atoms with Crippen LogP contribution in [0.4, 0.5) is 0 Å². The Bertz CT molecular complexity index is 1840. The molecule has 1 atom stereocenters. The summed E-state index contributed by atoms with van der Waals surface area (Å²) in [5, 5.41) is 7.42. The van der Waals surface area contributed by atoms with Crippen LogP contribution >= 0.6 is 0 Å². The number of aryl methyl sites for hydroxylation is 1. The van der Waals surface area contributed by atoms with Gasteiger partial charge in [0, 0.05) is 29.0 Å². The molecule has 196 valence electrons. The molecule has 1 aliphatic rings. The Balaban J connectivity index is 1.43. The normalized spacial score (nSPS) is 15.2. The minimum absolute atomic E-state index is 0.0557. The Labute approximate surface area is 236 Å². The summed E-state index contributed by atoms with van der Waals surface area (Å²) in [7, 11) is 0. The lowest BCUT2D eigenvalue weighted by atomic mass is 9.91. The fourth-order valence-corrected chi connectivity index (χ4v) is 5.70. The molecule has 0 spiro atoms. The maximum Gasteiger partial charge on any atom is 0.0701 e. The topological polar surface area (TPSA) is 43.0 Å². The van der Waals surface area contributed by atoms with Crippen molar-refractivity contribution in [1.29, 1.82) is 0 Å². The molecule has 0 amide bonds. The number of aromatic nitrogens is 1. The third kappa shape index (κ3) is 4.51. The fourth-order valence-electron chi connectivity index (χ4n) is 5.70. The zero-order valence-corrected chi connectivity index (χ0v) is 22.8. The molecule has 4 aromatic carbocycles. The summed E-state index contributed by atoms with van der Waals surface area (Å²) in [5.41, 5.74) is 15.9. The van der Waals surface area contributed by atoms with E-state index in [1.807, 2.05) is 18.2 Å². The van der Waals surface area contributed by atoms with Crippen LogP contribution in [0.5, 0.6) is 0 Å². The molecule has 0 bridgehead atoms. The van der Waals surface area contributed by atoms with E-state index in [1.54, 1.807) is 0 Å². The second-order valence-corrected chi connectivity index (χ2v) is 10.2. The van der Waals surface area contributed by atoms with Crippen molar-refractivity contribution in [2.45, 2.75) is 13.0 Å². The lowest BCUT2D eigenvalue weighted by molar-refractivity contribution is 0.824. The van der Waals surface area contributed by atoms with E-state index in [4.69, 9.17) is 5.73 Å². The molecule has 1 aromatic heterocycles. The Morgan fingerprint density at radius 3 is 2.42 bits per heavy atom. The summed E-state index contributed by atoms with van der Waals surface area (Å²) in [6.45, 7) is 11.1. The molecule has 0 saturated heterocycles. The van der Waals surface area contributed by atoms with Gasteiger partial charge in [0.2, 0.25) is 0 Å². The number of fused-ring (bicyclic) bond motifs is 2. The number of rotatable bonds is 7. The molecule has 0 fully saturated rings. The van der Waals surface area contributed by atoms with Gasteiger partial charge < -0.3 is 15.6 Å². The number of dihydropyridines is 1. The van der Waals surface area contributed by atoms with Crippen LogP contribution in [0, 0.1) is 6.92 Å². The van der Waals surface area contributed by atoms with E-state index in [0.717, 1.165) is 28.2 Å². The van der Waals surface area contributed by atoms with Gasteiger partial charge in [-0.15, -0.1) is 0 Å². The minimum Gasteiger partial charge on any atom is -0.374 e. The van der Waals surface area contributed by atoms with Crippen LogP contribution in [0.2, 0.25) is 0 Å². The number of nitrogens with one attached hydrogen (secondary N) is 1. The van der Waals surface area contributed by atoms with Gasteiger partial charge >= 0.3 is 0 Å². The maximum absolute atomic E-state index is 5.74. The van der Waals surface area contributed by atoms with Gasteiger partial charge in [0.1, 0.15) is 0 Å². The predicted octanol–water partition coefficient (Wildman–Crippen LogP) is 8.20. The van der Waals surface area contributed by atoms with Gasteiger partial charge in [-0.2, -0.15) is 0 Å². The molecule has 3 heteroatoms. The number of hydrogen-bond acceptors (Lipinski definition) is 2. The van der Waals surface area contributed by atoms with Crippen molar-refractivity contribution in [1.82, 2.24) is 9.88 Å². The third-order valence-corrected chi connectivity index (χ3v) is 7.73. The second kappa shape index (κ2) is 10.7. The predicted molar refractivity (Wildman–Crippen MR) is 172 cm³/mol. The number of hydrogen-bond donors (Lipinski definition) is 2. The van der Waals surface area contributed by atoms with Crippen molar-refractivity contribution in [3.63, 3.8) is 0 Å². The molecule has 6 rings (SSSR count). The van der Waals surface area contributed by atoms with Crippen LogP contribution < -0.4 is 11.1 Å². The molecule has 3 nitrogen and oxygen atoms in total. The van der Waals surface area contributed by atoms with Crippen LogP contribution in [-0.2, 0) is 0 Å². The number of allylic oxidation sites excluding steroid dienone is 2. The molecule has 40 heavy (non-hydrogen) atoms. The fraction of sp³-hybridized carbons (Fsp3) is 0.0811. The van der Waals surface area contributed by atoms with E-state index in [9.17, 15) is 0 Å². The quantitative estimate of drug-likeness (QED) is 0.213. The number of nitrogens with two attached hydrogens (primary N) is 1. The molecular formula is C37H33N3. The van der Waals surface area contributed by atoms with Crippen molar-refractivity contribution in [2.24, 2.45) is 5.73 Å². The Morgan fingerprint density at radius 2 is 1.65 bits per heavy atom. The van der Waals surface area contributed by atoms with Crippen LogP contribution in [0.1, 0.15) is 22.4 Å². The number of benzene rings is 4. The molecule has 5 aromatic rings. The Morgan fingerprint density at radius 1 is 0.925 bits per heavy atom. The largest absolute Gasteiger partial charge is 0.374 e. The zero-order chi connectivity index (χ0) is 27.6. The summed E-state index contributed by atoms with van der Waals surface area (Å²) in [6.07, 6.45) is 10.4. The molecule has 3 N–H and O–H groups in total. The van der Waals surface area contributed by atoms with Crippen molar-refractivity contribution in [3.8, 4) is 5.69 Å². The highest BCUT2D eigenvalue weighted by atomic mass is 15.0. The summed E-state index contributed by atoms with van der Waals surface area (Å²) in [4.78, 5) is 0. The monoisotopic (exact) mass is 519 g/mol. The van der Waals surface area contributed by atoms with Gasteiger partial charge in [0.15, 0.2) is 0 Å². The van der Waals surface area contributed by atoms with Crippen molar-refractivity contribution < 1.29 is 0 Å². The first-order chi connectivity index (χ1) is 19.6. The summed E-state index contributed by atoms with van der Waals surface area (Å²) < 4.78 is 2.29. The van der Waals surface area contributed by atoms with Crippen LogP contribution in [0.25, 0.3) is 44.7 Å². The van der Waals surface area contributed by atoms with E-state index in [2.05, 4.69) is 133 Å². The Hall–Kier alpha value is -4.86. The second-order valence-electron chi connectivity index (χ2n) is 10.2. The lowest BCUT2D eigenvalue weighted by Gasteiger charge is -2.26. The zero-order valence-electron chi connectivity index (χ0n) is 22.8. The van der Waals surface area contributed by atoms with Gasteiger partial charge in [-0.25, -0.2) is 0 Å². The Kier molecular flexibility index (Phi) is 6.81. The molecule has 1 aliphatic heterocycles. The maximum atomic E-state index is 5.74. The van der Waals surface area contributed by atoms with Crippen LogP contribution in [0.3, 0.4) is 0 Å². The molecule has 0 saturated carbocycles. The van der Waals surface area contributed by atoms with Crippen molar-refractivity contribution >= 4 is 39.0 Å². The lowest BCUT2D eigenvalue weighted by Crippen LogP contribution is -2.29. The van der Waals surface area contributed by atoms with Crippen molar-refractivity contribution in [3.05, 3.63) is 156 Å². The van der Waals surface area contributed by atoms with Gasteiger partial charge in [-0.1, -0.05) is 98.1 Å². The minimum atomic E-state index is -0.0557. The molecular weight excluding hydrogens is 486 g/mol. The van der Waals surface area contributed by atoms with E-state index in [-0.39, 0.29) is 6.04 Å². The van der Waals surface area contributed by atoms with Gasteiger partial charge in [-0.05, 0) is 82.0 Å². The number of nitrogens with zero attached hydrogens (tertiary/aromatic N) is 1. The van der Waals surface area contributed by atoms with Gasteiger partial charge in [0.25, 0.3) is 0 Å². The summed E-state index contributed by atoms with van der Waals surface area (Å²) in [5.74, 6) is 0. The SMILES string of the molecule is C=Cc1c(C)c2ccccc2n1-c1ccc(C2=CC(c3cccc4ccccc34)=CC(C(=C)/C=C\CN)N2)cc1. The van der Waals surface area contributed by atoms with Crippen molar-refractivity contribution in [2.75, 3.05) is 6.54 Å². The van der Waals surface area contributed by atoms with Gasteiger partial charge in [0.05, 0.1) is 11.6 Å². The van der Waals surface area contributed by atoms with E-state index < -0.39 is 0 Å². The highest BCUT2D eigenvalue weighted by Crippen LogP contribution is 2.34. The van der Waals surface area contributed by atoms with E-state index in [1.165, 1.54) is 38.4 Å². The first-order valence-corrected chi connectivity index (χ1v) is 13.7. The number of para-hydroxylation sites is 1. The average molecular weight is 520 g/mol. The highest BCUT2D eigenvalue weighted by molar-refractivity contribution is 5.99. The third-order valence-electron chi connectivity index (χ3n) is 7.73. The smallest absolute Gasteiger partial charge is 0.0701 e. The molecule has 2 heterocycles. The van der Waals surface area contributed by atoms with E-state index in [0.29, 0.717) is 6.54 Å². The highest BCUT2D eigenvalue weighted by Gasteiger charge is 2.20. The van der Waals surface area contributed by atoms with E-state index >= 15 is 0 Å². The molecule has 1 unspecified atom stereocenters. The summed E-state index contributed by atoms with van der Waals surface area (Å²) in [6, 6.07) is 32.2. The first-order valence-electron chi connectivity index (χ1n) is 13.7. The first kappa shape index (κ1) is 25.4. The molecule has 0 aliphatic carbocycles. The summed E-state index contributed by atoms with van der Waals surface area (Å²) >= 11 is 0. The van der Waals surface area contributed by atoms with Crippen LogP contribution in [0.15, 0.2) is 134 Å². The van der Waals surface area contributed by atoms with Crippen LogP contribution in [-0.4, -0.2) is 17.2 Å². The average Bonchev–Trinajstić information content (AvgIpc) is 3.30. The van der Waals surface area contributed by atoms with Gasteiger partial charge in [-0.3, -0.25) is 0 Å². The standard InChI is InChI=1S/C37H33N3/c1-4-36-26(3)31-14-7-8-17-37(31)40(36)30-20-18-28(19-21-30)35-24-29(23-34(39-35)25(2)11-10-22-38)33-16-9-13-27-12-5-6-15-32(27)33/h4-21,23-24,34,39H,1-2,22,38H2,3H3/b11-10-.